The molecule has 7 heteroatoms. The molecule has 30 heavy (non-hydrogen) atoms. The molecule has 3 rings (SSSR count). The average molecular weight is 409 g/mol. The van der Waals surface area contributed by atoms with Gasteiger partial charge in [-0.2, -0.15) is 0 Å². The van der Waals surface area contributed by atoms with E-state index in [2.05, 4.69) is 5.32 Å². The van der Waals surface area contributed by atoms with Gasteiger partial charge in [-0.3, -0.25) is 14.4 Å². The quantitative estimate of drug-likeness (QED) is 0.421. The van der Waals surface area contributed by atoms with Gasteiger partial charge in [0.2, 0.25) is 5.91 Å². The van der Waals surface area contributed by atoms with Gasteiger partial charge in [-0.1, -0.05) is 6.92 Å². The summed E-state index contributed by atoms with van der Waals surface area (Å²) in [6.07, 6.45) is 2.69. The second kappa shape index (κ2) is 9.73. The molecule has 0 unspecified atom stereocenters. The molecule has 0 aliphatic carbocycles. The number of ether oxygens (including phenoxy) is 2. The smallest absolute Gasteiger partial charge is 0.310 e. The number of carbonyl (C=O) groups excluding carboxylic acids is 3. The third-order valence-corrected chi connectivity index (χ3v) is 4.53. The second-order valence-electron chi connectivity index (χ2n) is 6.76. The lowest BCUT2D eigenvalue weighted by Crippen LogP contribution is -2.16. The van der Waals surface area contributed by atoms with E-state index in [4.69, 9.17) is 13.9 Å². The summed E-state index contributed by atoms with van der Waals surface area (Å²) in [5.74, 6) is -0.259. The fourth-order valence-corrected chi connectivity index (χ4v) is 2.95. The Hall–Kier alpha value is -3.61. The molecule has 3 aromatic rings. The van der Waals surface area contributed by atoms with E-state index in [1.54, 1.807) is 43.5 Å². The fraction of sp³-hybridized carbons (Fsp3) is 0.261. The van der Waals surface area contributed by atoms with Crippen LogP contribution in [0.5, 0.6) is 5.75 Å². The van der Waals surface area contributed by atoms with E-state index < -0.39 is 5.97 Å². The van der Waals surface area contributed by atoms with Crippen molar-refractivity contribution in [3.05, 3.63) is 59.9 Å². The number of fused-ring (bicyclic) bond motifs is 1. The summed E-state index contributed by atoms with van der Waals surface area (Å²) < 4.78 is 15.7. The van der Waals surface area contributed by atoms with Crippen molar-refractivity contribution in [3.63, 3.8) is 0 Å². The van der Waals surface area contributed by atoms with Gasteiger partial charge in [0.05, 0.1) is 19.8 Å². The van der Waals surface area contributed by atoms with Crippen molar-refractivity contribution in [1.82, 2.24) is 0 Å². The summed E-state index contributed by atoms with van der Waals surface area (Å²) in [7, 11) is 1.56. The summed E-state index contributed by atoms with van der Waals surface area (Å²) in [6.45, 7) is 1.57. The van der Waals surface area contributed by atoms with Gasteiger partial charge in [0.15, 0.2) is 12.4 Å². The summed E-state index contributed by atoms with van der Waals surface area (Å²) in [5.41, 5.74) is 2.30. The van der Waals surface area contributed by atoms with Gasteiger partial charge >= 0.3 is 5.97 Å². The molecule has 0 saturated carbocycles. The number of carbonyl (C=O) groups is 3. The topological polar surface area (TPSA) is 94.8 Å². The van der Waals surface area contributed by atoms with Crippen molar-refractivity contribution in [2.45, 2.75) is 26.2 Å². The molecule has 1 amide bonds. The average Bonchev–Trinajstić information content (AvgIpc) is 3.14. The molecule has 0 radical (unpaired) electrons. The summed E-state index contributed by atoms with van der Waals surface area (Å²) in [4.78, 5) is 36.0. The number of anilines is 1. The van der Waals surface area contributed by atoms with Gasteiger partial charge in [-0.05, 0) is 42.8 Å². The SMILES string of the molecule is CCCC(=O)Nc1ccc(C(=O)COC(=O)Cc2coc3cc(OC)ccc23)cc1. The first-order valence-electron chi connectivity index (χ1n) is 9.63. The van der Waals surface area contributed by atoms with Crippen LogP contribution in [0, 0.1) is 0 Å². The molecule has 0 aliphatic rings. The Bertz CT molecular complexity index is 1050. The first-order valence-corrected chi connectivity index (χ1v) is 9.63. The summed E-state index contributed by atoms with van der Waals surface area (Å²) in [5, 5.41) is 3.54. The van der Waals surface area contributed by atoms with Crippen molar-refractivity contribution in [2.24, 2.45) is 0 Å². The number of amides is 1. The molecule has 0 bridgehead atoms. The predicted octanol–water partition coefficient (Wildman–Crippen LogP) is 4.15. The van der Waals surface area contributed by atoms with E-state index in [9.17, 15) is 14.4 Å². The molecule has 7 nitrogen and oxygen atoms in total. The standard InChI is InChI=1S/C23H23NO6/c1-3-4-22(26)24-17-7-5-15(6-8-17)20(25)14-30-23(27)11-16-13-29-21-12-18(28-2)9-10-19(16)21/h5-10,12-13H,3-4,11,14H2,1-2H3,(H,24,26). The van der Waals surface area contributed by atoms with E-state index in [0.717, 1.165) is 11.8 Å². The predicted molar refractivity (Wildman–Crippen MR) is 112 cm³/mol. The molecule has 0 spiro atoms. The molecule has 0 saturated heterocycles. The Labute approximate surface area is 174 Å². The highest BCUT2D eigenvalue weighted by atomic mass is 16.5. The number of nitrogens with one attached hydrogen (secondary N) is 1. The third kappa shape index (κ3) is 5.26. The van der Waals surface area contributed by atoms with Crippen molar-refractivity contribution < 1.29 is 28.3 Å². The lowest BCUT2D eigenvalue weighted by Gasteiger charge is -2.07. The minimum absolute atomic E-state index is 0.00495. The minimum atomic E-state index is -0.523. The zero-order valence-electron chi connectivity index (χ0n) is 16.9. The fourth-order valence-electron chi connectivity index (χ4n) is 2.95. The van der Waals surface area contributed by atoms with E-state index in [1.807, 2.05) is 13.0 Å². The van der Waals surface area contributed by atoms with Gasteiger partial charge in [-0.15, -0.1) is 0 Å². The van der Waals surface area contributed by atoms with Gasteiger partial charge in [0, 0.05) is 34.7 Å². The van der Waals surface area contributed by atoms with Crippen LogP contribution in [0.2, 0.25) is 0 Å². The van der Waals surface area contributed by atoms with E-state index in [1.165, 1.54) is 6.26 Å². The Morgan fingerprint density at radius 1 is 1.07 bits per heavy atom. The molecule has 1 aromatic heterocycles. The number of esters is 1. The highest BCUT2D eigenvalue weighted by molar-refractivity contribution is 5.99. The molecule has 0 atom stereocenters. The molecule has 1 N–H and O–H groups in total. The van der Waals surface area contributed by atoms with Crippen LogP contribution in [0.4, 0.5) is 5.69 Å². The van der Waals surface area contributed by atoms with Crippen molar-refractivity contribution in [1.29, 1.82) is 0 Å². The molecular weight excluding hydrogens is 386 g/mol. The van der Waals surface area contributed by atoms with Crippen LogP contribution in [0.25, 0.3) is 11.0 Å². The van der Waals surface area contributed by atoms with Crippen LogP contribution in [0.15, 0.2) is 53.1 Å². The normalized spacial score (nSPS) is 10.6. The number of Topliss-reactive ketones (excluding diaryl/α,β-unsaturated/α-hetero) is 1. The van der Waals surface area contributed by atoms with E-state index in [0.29, 0.717) is 34.6 Å². The maximum Gasteiger partial charge on any atom is 0.310 e. The number of methoxy groups -OCH3 is 1. The van der Waals surface area contributed by atoms with Gasteiger partial charge in [0.1, 0.15) is 11.3 Å². The van der Waals surface area contributed by atoms with E-state index in [-0.39, 0.29) is 24.7 Å². The molecule has 0 aliphatic heterocycles. The first kappa shape index (κ1) is 21.1. The van der Waals surface area contributed by atoms with Crippen LogP contribution >= 0.6 is 0 Å². The zero-order chi connectivity index (χ0) is 21.5. The van der Waals surface area contributed by atoms with Crippen molar-refractivity contribution in [2.75, 3.05) is 19.0 Å². The van der Waals surface area contributed by atoms with Gasteiger partial charge in [0.25, 0.3) is 0 Å². The second-order valence-corrected chi connectivity index (χ2v) is 6.76. The van der Waals surface area contributed by atoms with Crippen LogP contribution in [0.3, 0.4) is 0 Å². The lowest BCUT2D eigenvalue weighted by molar-refractivity contribution is -0.141. The molecule has 156 valence electrons. The monoisotopic (exact) mass is 409 g/mol. The number of rotatable bonds is 9. The molecule has 0 fully saturated rings. The Morgan fingerprint density at radius 2 is 1.83 bits per heavy atom. The highest BCUT2D eigenvalue weighted by Crippen LogP contribution is 2.26. The zero-order valence-corrected chi connectivity index (χ0v) is 16.9. The maximum atomic E-state index is 12.3. The van der Waals surface area contributed by atoms with Crippen LogP contribution in [-0.2, 0) is 20.7 Å². The number of ketones is 1. The summed E-state index contributed by atoms with van der Waals surface area (Å²) in [6, 6.07) is 11.8. The van der Waals surface area contributed by atoms with Crippen molar-refractivity contribution >= 4 is 34.3 Å². The van der Waals surface area contributed by atoms with E-state index >= 15 is 0 Å². The molecular formula is C23H23NO6. The van der Waals surface area contributed by atoms with Crippen LogP contribution in [0.1, 0.15) is 35.7 Å². The number of hydrogen-bond donors (Lipinski definition) is 1. The molecule has 1 heterocycles. The van der Waals surface area contributed by atoms with Gasteiger partial charge < -0.3 is 19.2 Å². The van der Waals surface area contributed by atoms with Crippen LogP contribution < -0.4 is 10.1 Å². The number of hydrogen-bond acceptors (Lipinski definition) is 6. The Kier molecular flexibility index (Phi) is 6.85. The van der Waals surface area contributed by atoms with Gasteiger partial charge in [-0.25, -0.2) is 0 Å². The number of furan rings is 1. The maximum absolute atomic E-state index is 12.3. The Balaban J connectivity index is 1.53. The summed E-state index contributed by atoms with van der Waals surface area (Å²) >= 11 is 0. The minimum Gasteiger partial charge on any atom is -0.497 e. The number of benzene rings is 2. The largest absolute Gasteiger partial charge is 0.497 e. The first-order chi connectivity index (χ1) is 14.5. The third-order valence-electron chi connectivity index (χ3n) is 4.53. The Morgan fingerprint density at radius 3 is 2.53 bits per heavy atom. The van der Waals surface area contributed by atoms with Crippen LogP contribution in [-0.4, -0.2) is 31.4 Å². The lowest BCUT2D eigenvalue weighted by atomic mass is 10.1. The highest BCUT2D eigenvalue weighted by Gasteiger charge is 2.14. The molecule has 2 aromatic carbocycles. The van der Waals surface area contributed by atoms with Crippen molar-refractivity contribution in [3.8, 4) is 5.75 Å².